The zero-order chi connectivity index (χ0) is 19.9. The minimum absolute atomic E-state index is 0.0562. The third-order valence-electron chi connectivity index (χ3n) is 4.82. The monoisotopic (exact) mass is 384 g/mol. The molecule has 0 aromatic heterocycles. The summed E-state index contributed by atoms with van der Waals surface area (Å²) in [6.07, 6.45) is 0.381. The molecule has 0 saturated heterocycles. The maximum absolute atomic E-state index is 11.8. The molecule has 4 heteroatoms. The van der Waals surface area contributed by atoms with E-state index >= 15 is 0 Å². The fourth-order valence-electron chi connectivity index (χ4n) is 3.59. The first-order valence-corrected chi connectivity index (χ1v) is 11.6. The van der Waals surface area contributed by atoms with Gasteiger partial charge in [-0.05, 0) is 28.3 Å². The summed E-state index contributed by atoms with van der Waals surface area (Å²) in [5, 5.41) is 2.46. The highest BCUT2D eigenvalue weighted by Gasteiger charge is 2.50. The van der Waals surface area contributed by atoms with Crippen LogP contribution in [0.3, 0.4) is 0 Å². The summed E-state index contributed by atoms with van der Waals surface area (Å²) in [7, 11) is -2.53. The lowest BCUT2D eigenvalue weighted by molar-refractivity contribution is -0.144. The predicted octanol–water partition coefficient (Wildman–Crippen LogP) is 4.15. The van der Waals surface area contributed by atoms with Gasteiger partial charge in [-0.3, -0.25) is 4.79 Å². The number of hydrogen-bond acceptors (Lipinski definition) is 3. The van der Waals surface area contributed by atoms with Crippen LogP contribution in [0.1, 0.15) is 41.0 Å². The van der Waals surface area contributed by atoms with Gasteiger partial charge in [0.2, 0.25) is 0 Å². The summed E-state index contributed by atoms with van der Waals surface area (Å²) in [6.45, 7) is 11.6. The molecule has 27 heavy (non-hydrogen) atoms. The number of ether oxygens (including phenoxy) is 1. The van der Waals surface area contributed by atoms with Gasteiger partial charge < -0.3 is 9.16 Å². The topological polar surface area (TPSA) is 35.5 Å². The first-order chi connectivity index (χ1) is 12.8. The smallest absolute Gasteiger partial charge is 0.306 e. The highest BCUT2D eigenvalue weighted by Crippen LogP contribution is 2.37. The molecule has 0 aliphatic carbocycles. The average molecular weight is 385 g/mol. The molecule has 3 nitrogen and oxygen atoms in total. The Bertz CT molecular complexity index is 668. The Morgan fingerprint density at radius 1 is 0.963 bits per heavy atom. The second kappa shape index (κ2) is 9.33. The first-order valence-electron chi connectivity index (χ1n) is 9.72. The molecule has 0 bridgehead atoms. The SMILES string of the molecule is CCOC(=O)CC(C)CO[Si](c1ccccc1)(c1ccccc1)C(C)(C)C. The Morgan fingerprint density at radius 3 is 1.85 bits per heavy atom. The van der Waals surface area contributed by atoms with Crippen molar-refractivity contribution >= 4 is 24.7 Å². The van der Waals surface area contributed by atoms with Gasteiger partial charge in [-0.15, -0.1) is 0 Å². The van der Waals surface area contributed by atoms with Gasteiger partial charge in [-0.2, -0.15) is 0 Å². The van der Waals surface area contributed by atoms with E-state index in [0.29, 0.717) is 19.6 Å². The molecule has 0 spiro atoms. The lowest BCUT2D eigenvalue weighted by Crippen LogP contribution is -2.66. The van der Waals surface area contributed by atoms with Crippen molar-refractivity contribution < 1.29 is 14.0 Å². The summed E-state index contributed by atoms with van der Waals surface area (Å²) >= 11 is 0. The van der Waals surface area contributed by atoms with E-state index in [1.807, 2.05) is 19.1 Å². The largest absolute Gasteiger partial charge is 0.466 e. The van der Waals surface area contributed by atoms with Crippen LogP contribution in [-0.4, -0.2) is 27.5 Å². The van der Waals surface area contributed by atoms with Gasteiger partial charge in [-0.1, -0.05) is 88.4 Å². The van der Waals surface area contributed by atoms with Gasteiger partial charge in [0.15, 0.2) is 0 Å². The van der Waals surface area contributed by atoms with Crippen molar-refractivity contribution in [2.45, 2.75) is 46.1 Å². The molecule has 2 aromatic rings. The zero-order valence-corrected chi connectivity index (χ0v) is 18.2. The summed E-state index contributed by atoms with van der Waals surface area (Å²) in [5.74, 6) is -0.0539. The van der Waals surface area contributed by atoms with Crippen molar-refractivity contribution in [3.8, 4) is 0 Å². The Labute approximate surface area is 164 Å². The maximum atomic E-state index is 11.8. The van der Waals surface area contributed by atoms with Crippen molar-refractivity contribution in [3.63, 3.8) is 0 Å². The Hall–Kier alpha value is -1.91. The number of carbonyl (C=O) groups excluding carboxylic acids is 1. The Kier molecular flexibility index (Phi) is 7.39. The van der Waals surface area contributed by atoms with E-state index in [-0.39, 0.29) is 16.9 Å². The van der Waals surface area contributed by atoms with Crippen LogP contribution < -0.4 is 10.4 Å². The number of esters is 1. The van der Waals surface area contributed by atoms with Crippen LogP contribution in [0.15, 0.2) is 60.7 Å². The summed E-state index contributed by atoms with van der Waals surface area (Å²) < 4.78 is 11.9. The van der Waals surface area contributed by atoms with E-state index in [4.69, 9.17) is 9.16 Å². The quantitative estimate of drug-likeness (QED) is 0.507. The molecule has 1 atom stereocenters. The minimum atomic E-state index is -2.53. The lowest BCUT2D eigenvalue weighted by atomic mass is 10.1. The number of benzene rings is 2. The first kappa shape index (κ1) is 21.4. The summed E-state index contributed by atoms with van der Waals surface area (Å²) in [5.41, 5.74) is 0. The second-order valence-corrected chi connectivity index (χ2v) is 12.4. The van der Waals surface area contributed by atoms with Crippen LogP contribution in [0, 0.1) is 5.92 Å². The predicted molar refractivity (Wildman–Crippen MR) is 114 cm³/mol. The molecule has 0 heterocycles. The molecule has 0 saturated carbocycles. The van der Waals surface area contributed by atoms with E-state index in [1.165, 1.54) is 10.4 Å². The van der Waals surface area contributed by atoms with Crippen LogP contribution in [0.4, 0.5) is 0 Å². The van der Waals surface area contributed by atoms with Crippen molar-refractivity contribution in [2.75, 3.05) is 13.2 Å². The average Bonchev–Trinajstić information content (AvgIpc) is 2.63. The molecular weight excluding hydrogens is 352 g/mol. The van der Waals surface area contributed by atoms with Crippen LogP contribution >= 0.6 is 0 Å². The third kappa shape index (κ3) is 5.08. The fourth-order valence-corrected chi connectivity index (χ4v) is 8.28. The van der Waals surface area contributed by atoms with Gasteiger partial charge in [0, 0.05) is 6.61 Å². The molecule has 146 valence electrons. The van der Waals surface area contributed by atoms with Crippen molar-refractivity contribution in [1.82, 2.24) is 0 Å². The van der Waals surface area contributed by atoms with Gasteiger partial charge >= 0.3 is 5.97 Å². The fraction of sp³-hybridized carbons (Fsp3) is 0.435. The molecule has 0 aliphatic heterocycles. The van der Waals surface area contributed by atoms with Gasteiger partial charge in [0.05, 0.1) is 13.0 Å². The Balaban J connectivity index is 2.39. The summed E-state index contributed by atoms with van der Waals surface area (Å²) in [6, 6.07) is 21.1. The Morgan fingerprint density at radius 2 is 1.44 bits per heavy atom. The second-order valence-electron chi connectivity index (χ2n) is 8.09. The molecule has 0 aliphatic rings. The van der Waals surface area contributed by atoms with Crippen LogP contribution in [-0.2, 0) is 14.0 Å². The standard InChI is InChI=1S/C23H32O3Si/c1-6-25-22(24)17-19(2)18-26-27(23(3,4)5,20-13-9-7-10-14-20)21-15-11-8-12-16-21/h7-16,19H,6,17-18H2,1-5H3. The number of hydrogen-bond donors (Lipinski definition) is 0. The highest BCUT2D eigenvalue weighted by atomic mass is 28.4. The van der Waals surface area contributed by atoms with Crippen molar-refractivity contribution in [2.24, 2.45) is 5.92 Å². The van der Waals surface area contributed by atoms with Gasteiger partial charge in [-0.25, -0.2) is 0 Å². The number of rotatable bonds is 8. The van der Waals surface area contributed by atoms with Crippen molar-refractivity contribution in [3.05, 3.63) is 60.7 Å². The third-order valence-corrected chi connectivity index (χ3v) is 9.83. The molecule has 0 fully saturated rings. The molecule has 2 aromatic carbocycles. The molecule has 0 N–H and O–H groups in total. The molecule has 1 unspecified atom stereocenters. The molecule has 2 rings (SSSR count). The van der Waals surface area contributed by atoms with E-state index in [2.05, 4.69) is 76.2 Å². The highest BCUT2D eigenvalue weighted by molar-refractivity contribution is 6.99. The summed E-state index contributed by atoms with van der Waals surface area (Å²) in [4.78, 5) is 11.8. The van der Waals surface area contributed by atoms with Crippen molar-refractivity contribution in [1.29, 1.82) is 0 Å². The normalized spacial score (nSPS) is 13.2. The van der Waals surface area contributed by atoms with E-state index in [1.54, 1.807) is 0 Å². The maximum Gasteiger partial charge on any atom is 0.306 e. The zero-order valence-electron chi connectivity index (χ0n) is 17.2. The van der Waals surface area contributed by atoms with E-state index in [0.717, 1.165) is 0 Å². The van der Waals surface area contributed by atoms with Crippen LogP contribution in [0.25, 0.3) is 0 Å². The minimum Gasteiger partial charge on any atom is -0.466 e. The lowest BCUT2D eigenvalue weighted by Gasteiger charge is -2.43. The molecule has 0 radical (unpaired) electrons. The van der Waals surface area contributed by atoms with Crippen LogP contribution in [0.2, 0.25) is 5.04 Å². The molecule has 0 amide bonds. The van der Waals surface area contributed by atoms with E-state index in [9.17, 15) is 4.79 Å². The number of carbonyl (C=O) groups is 1. The van der Waals surface area contributed by atoms with Crippen LogP contribution in [0.5, 0.6) is 0 Å². The molecular formula is C23H32O3Si. The van der Waals surface area contributed by atoms with E-state index < -0.39 is 8.32 Å². The van der Waals surface area contributed by atoms with Gasteiger partial charge in [0.1, 0.15) is 0 Å². The van der Waals surface area contributed by atoms with Gasteiger partial charge in [0.25, 0.3) is 8.32 Å².